The van der Waals surface area contributed by atoms with Crippen LogP contribution in [0.5, 0.6) is 0 Å². The van der Waals surface area contributed by atoms with Gasteiger partial charge in [-0.25, -0.2) is 9.78 Å². The molecular formula is C19H24N2O4S. The van der Waals surface area contributed by atoms with E-state index in [4.69, 9.17) is 9.47 Å². The maximum absolute atomic E-state index is 13.1. The fourth-order valence-corrected chi connectivity index (χ4v) is 3.91. The fraction of sp³-hybridized carbons (Fsp3) is 0.526. The Balaban J connectivity index is 2.06. The molecule has 1 aliphatic heterocycles. The molecule has 0 spiro atoms. The quantitative estimate of drug-likeness (QED) is 0.438. The lowest BCUT2D eigenvalue weighted by molar-refractivity contribution is 0.0601. The SMILES string of the molecule is COC(=O)c1ccc2c(=O)n(C[C@H]3CCCO3)c(SCC(C)C)nc2c1. The van der Waals surface area contributed by atoms with E-state index in [2.05, 4.69) is 18.8 Å². The number of rotatable bonds is 6. The minimum atomic E-state index is -0.436. The molecule has 1 atom stereocenters. The van der Waals surface area contributed by atoms with Gasteiger partial charge < -0.3 is 9.47 Å². The van der Waals surface area contributed by atoms with Crippen molar-refractivity contribution in [2.75, 3.05) is 19.5 Å². The lowest BCUT2D eigenvalue weighted by Crippen LogP contribution is -2.29. The smallest absolute Gasteiger partial charge is 0.337 e. The van der Waals surface area contributed by atoms with Gasteiger partial charge in [-0.05, 0) is 37.0 Å². The highest BCUT2D eigenvalue weighted by Gasteiger charge is 2.21. The van der Waals surface area contributed by atoms with Crippen molar-refractivity contribution in [3.05, 3.63) is 34.1 Å². The molecule has 0 saturated carbocycles. The fourth-order valence-electron chi connectivity index (χ4n) is 2.95. The van der Waals surface area contributed by atoms with Crippen molar-refractivity contribution in [2.24, 2.45) is 5.92 Å². The van der Waals surface area contributed by atoms with Crippen molar-refractivity contribution < 1.29 is 14.3 Å². The van der Waals surface area contributed by atoms with Crippen LogP contribution >= 0.6 is 11.8 Å². The number of ether oxygens (including phenoxy) is 2. The zero-order valence-electron chi connectivity index (χ0n) is 15.4. The molecule has 0 amide bonds. The van der Waals surface area contributed by atoms with Crippen LogP contribution in [0.15, 0.2) is 28.2 Å². The van der Waals surface area contributed by atoms with E-state index in [0.717, 1.165) is 25.2 Å². The van der Waals surface area contributed by atoms with Gasteiger partial charge in [-0.3, -0.25) is 9.36 Å². The number of carbonyl (C=O) groups excluding carboxylic acids is 1. The van der Waals surface area contributed by atoms with Gasteiger partial charge in [-0.15, -0.1) is 0 Å². The van der Waals surface area contributed by atoms with Crippen molar-refractivity contribution in [3.63, 3.8) is 0 Å². The van der Waals surface area contributed by atoms with Gasteiger partial charge in [-0.1, -0.05) is 25.6 Å². The van der Waals surface area contributed by atoms with Crippen LogP contribution in [0.25, 0.3) is 10.9 Å². The van der Waals surface area contributed by atoms with Crippen molar-refractivity contribution in [1.82, 2.24) is 9.55 Å². The van der Waals surface area contributed by atoms with E-state index in [-0.39, 0.29) is 11.7 Å². The van der Waals surface area contributed by atoms with Gasteiger partial charge in [0.2, 0.25) is 0 Å². The molecular weight excluding hydrogens is 352 g/mol. The Kier molecular flexibility index (Phi) is 5.98. The molecule has 1 aromatic heterocycles. The third kappa shape index (κ3) is 4.10. The second-order valence-electron chi connectivity index (χ2n) is 6.87. The van der Waals surface area contributed by atoms with Crippen molar-refractivity contribution in [2.45, 2.75) is 44.5 Å². The number of benzene rings is 1. The molecule has 3 rings (SSSR count). The number of hydrogen-bond acceptors (Lipinski definition) is 6. The third-order valence-electron chi connectivity index (χ3n) is 4.30. The summed E-state index contributed by atoms with van der Waals surface area (Å²) in [5.41, 5.74) is 0.824. The monoisotopic (exact) mass is 376 g/mol. The van der Waals surface area contributed by atoms with E-state index >= 15 is 0 Å². The summed E-state index contributed by atoms with van der Waals surface area (Å²) in [6, 6.07) is 4.88. The molecule has 0 N–H and O–H groups in total. The van der Waals surface area contributed by atoms with E-state index in [9.17, 15) is 9.59 Å². The van der Waals surface area contributed by atoms with Gasteiger partial charge >= 0.3 is 5.97 Å². The van der Waals surface area contributed by atoms with Crippen LogP contribution in [0.2, 0.25) is 0 Å². The first kappa shape index (κ1) is 18.9. The van der Waals surface area contributed by atoms with Gasteiger partial charge in [0, 0.05) is 12.4 Å². The van der Waals surface area contributed by atoms with Crippen molar-refractivity contribution >= 4 is 28.6 Å². The van der Waals surface area contributed by atoms with E-state index in [0.29, 0.717) is 34.1 Å². The van der Waals surface area contributed by atoms with Crippen LogP contribution in [0.3, 0.4) is 0 Å². The number of methoxy groups -OCH3 is 1. The topological polar surface area (TPSA) is 70.4 Å². The molecule has 2 aromatic rings. The summed E-state index contributed by atoms with van der Waals surface area (Å²) in [7, 11) is 1.34. The van der Waals surface area contributed by atoms with E-state index < -0.39 is 5.97 Å². The number of aromatic nitrogens is 2. The van der Waals surface area contributed by atoms with E-state index in [1.807, 2.05) is 0 Å². The number of esters is 1. The molecule has 0 unspecified atom stereocenters. The van der Waals surface area contributed by atoms with Crippen LogP contribution in [0, 0.1) is 5.92 Å². The molecule has 1 aliphatic rings. The zero-order chi connectivity index (χ0) is 18.7. The van der Waals surface area contributed by atoms with E-state index in [1.165, 1.54) is 7.11 Å². The minimum absolute atomic E-state index is 0.0553. The molecule has 1 fully saturated rings. The van der Waals surface area contributed by atoms with Crippen LogP contribution in [0.1, 0.15) is 37.0 Å². The number of fused-ring (bicyclic) bond motifs is 1. The molecule has 6 nitrogen and oxygen atoms in total. The Morgan fingerprint density at radius 1 is 1.46 bits per heavy atom. The normalized spacial score (nSPS) is 17.2. The molecule has 0 aliphatic carbocycles. The Morgan fingerprint density at radius 3 is 2.92 bits per heavy atom. The van der Waals surface area contributed by atoms with E-state index in [1.54, 1.807) is 34.5 Å². The largest absolute Gasteiger partial charge is 0.465 e. The second-order valence-corrected chi connectivity index (χ2v) is 7.86. The molecule has 1 aromatic carbocycles. The highest BCUT2D eigenvalue weighted by Crippen LogP contribution is 2.23. The van der Waals surface area contributed by atoms with Crippen LogP contribution in [-0.2, 0) is 16.0 Å². The standard InChI is InChI=1S/C19H24N2O4S/c1-12(2)11-26-19-20-16-9-13(18(23)24-3)6-7-15(16)17(22)21(19)10-14-5-4-8-25-14/h6-7,9,12,14H,4-5,8,10-11H2,1-3H3/t14-/m1/s1. The first-order valence-corrected chi connectivity index (χ1v) is 9.85. The van der Waals surface area contributed by atoms with Crippen molar-refractivity contribution in [3.8, 4) is 0 Å². The van der Waals surface area contributed by atoms with Gasteiger partial charge in [0.1, 0.15) is 0 Å². The lowest BCUT2D eigenvalue weighted by atomic mass is 10.1. The highest BCUT2D eigenvalue weighted by molar-refractivity contribution is 7.99. The first-order valence-electron chi connectivity index (χ1n) is 8.87. The van der Waals surface area contributed by atoms with Crippen LogP contribution in [0.4, 0.5) is 0 Å². The zero-order valence-corrected chi connectivity index (χ0v) is 16.2. The van der Waals surface area contributed by atoms with Crippen molar-refractivity contribution in [1.29, 1.82) is 0 Å². The Hall–Kier alpha value is -1.86. The minimum Gasteiger partial charge on any atom is -0.465 e. The predicted molar refractivity (Wildman–Crippen MR) is 102 cm³/mol. The number of nitrogens with zero attached hydrogens (tertiary/aromatic N) is 2. The summed E-state index contributed by atoms with van der Waals surface area (Å²) < 4.78 is 12.2. The van der Waals surface area contributed by atoms with Crippen LogP contribution in [-0.4, -0.2) is 41.1 Å². The summed E-state index contributed by atoms with van der Waals surface area (Å²) >= 11 is 1.57. The second kappa shape index (κ2) is 8.22. The van der Waals surface area contributed by atoms with Gasteiger partial charge in [-0.2, -0.15) is 0 Å². The summed E-state index contributed by atoms with van der Waals surface area (Å²) in [4.78, 5) is 29.5. The molecule has 0 radical (unpaired) electrons. The number of hydrogen-bond donors (Lipinski definition) is 0. The van der Waals surface area contributed by atoms with Gasteiger partial charge in [0.05, 0.1) is 36.2 Å². The average Bonchev–Trinajstić information content (AvgIpc) is 3.14. The molecule has 1 saturated heterocycles. The van der Waals surface area contributed by atoms with Gasteiger partial charge in [0.25, 0.3) is 5.56 Å². The molecule has 26 heavy (non-hydrogen) atoms. The number of thioether (sulfide) groups is 1. The molecule has 140 valence electrons. The molecule has 2 heterocycles. The maximum Gasteiger partial charge on any atom is 0.337 e. The van der Waals surface area contributed by atoms with Crippen LogP contribution < -0.4 is 5.56 Å². The first-order chi connectivity index (χ1) is 12.5. The number of carbonyl (C=O) groups is 1. The average molecular weight is 376 g/mol. The lowest BCUT2D eigenvalue weighted by Gasteiger charge is -2.17. The van der Waals surface area contributed by atoms with Gasteiger partial charge in [0.15, 0.2) is 5.16 Å². The molecule has 7 heteroatoms. The Morgan fingerprint density at radius 2 is 2.27 bits per heavy atom. The Labute approximate surface area is 156 Å². The maximum atomic E-state index is 13.1. The third-order valence-corrected chi connectivity index (χ3v) is 5.70. The highest BCUT2D eigenvalue weighted by atomic mass is 32.2. The predicted octanol–water partition coefficient (Wildman–Crippen LogP) is 3.11. The molecule has 0 bridgehead atoms. The Bertz CT molecular complexity index is 856. The summed E-state index contributed by atoms with van der Waals surface area (Å²) in [5.74, 6) is 0.902. The summed E-state index contributed by atoms with van der Waals surface area (Å²) in [6.45, 7) is 5.52. The summed E-state index contributed by atoms with van der Waals surface area (Å²) in [6.07, 6.45) is 2.04. The summed E-state index contributed by atoms with van der Waals surface area (Å²) in [5, 5.41) is 1.18.